The number of benzene rings is 2. The summed E-state index contributed by atoms with van der Waals surface area (Å²) >= 11 is 5.81. The molecule has 0 saturated heterocycles. The summed E-state index contributed by atoms with van der Waals surface area (Å²) in [4.78, 5) is 11.7. The number of methoxy groups -OCH3 is 1. The van der Waals surface area contributed by atoms with Crippen LogP contribution in [0.2, 0.25) is 5.02 Å². The minimum absolute atomic E-state index is 0.277. The van der Waals surface area contributed by atoms with E-state index in [2.05, 4.69) is 10.6 Å². The van der Waals surface area contributed by atoms with Crippen molar-refractivity contribution in [2.24, 2.45) is 0 Å². The molecule has 0 aliphatic carbocycles. The van der Waals surface area contributed by atoms with Gasteiger partial charge in [-0.3, -0.25) is 0 Å². The maximum absolute atomic E-state index is 11.7. The lowest BCUT2D eigenvalue weighted by atomic mass is 10.2. The number of amides is 2. The first-order valence-corrected chi connectivity index (χ1v) is 7.15. The molecular weight excluding hydrogens is 300 g/mol. The van der Waals surface area contributed by atoms with Crippen LogP contribution < -0.4 is 15.4 Å². The van der Waals surface area contributed by atoms with Gasteiger partial charge in [0, 0.05) is 23.3 Å². The summed E-state index contributed by atoms with van der Waals surface area (Å²) in [5, 5.41) is 6.08. The van der Waals surface area contributed by atoms with Crippen molar-refractivity contribution in [3.05, 3.63) is 70.9 Å². The Morgan fingerprint density at radius 1 is 1.18 bits per heavy atom. The van der Waals surface area contributed by atoms with Crippen LogP contribution in [0.1, 0.15) is 11.1 Å². The number of rotatable bonds is 5. The normalized spacial score (nSPS) is 10.5. The fraction of sp³-hybridized carbons (Fsp3) is 0.118. The maximum atomic E-state index is 11.7. The summed E-state index contributed by atoms with van der Waals surface area (Å²) in [7, 11) is 1.61. The zero-order chi connectivity index (χ0) is 15.8. The van der Waals surface area contributed by atoms with Crippen LogP contribution in [0.3, 0.4) is 0 Å². The Hall–Kier alpha value is -2.46. The Morgan fingerprint density at radius 2 is 1.91 bits per heavy atom. The Kier molecular flexibility index (Phi) is 5.86. The molecule has 22 heavy (non-hydrogen) atoms. The van der Waals surface area contributed by atoms with Crippen molar-refractivity contribution in [3.63, 3.8) is 0 Å². The van der Waals surface area contributed by atoms with Crippen molar-refractivity contribution >= 4 is 23.7 Å². The van der Waals surface area contributed by atoms with E-state index in [9.17, 15) is 4.79 Å². The second-order valence-electron chi connectivity index (χ2n) is 4.53. The van der Waals surface area contributed by atoms with Crippen LogP contribution in [-0.2, 0) is 6.54 Å². The highest BCUT2D eigenvalue weighted by atomic mass is 35.5. The van der Waals surface area contributed by atoms with Gasteiger partial charge in [-0.15, -0.1) is 0 Å². The lowest BCUT2D eigenvalue weighted by Crippen LogP contribution is -2.31. The first-order chi connectivity index (χ1) is 10.7. The summed E-state index contributed by atoms with van der Waals surface area (Å²) < 4.78 is 5.23. The molecule has 0 aliphatic rings. The van der Waals surface area contributed by atoms with Crippen LogP contribution in [0, 0.1) is 0 Å². The van der Waals surface area contributed by atoms with Crippen LogP contribution in [0.15, 0.2) is 54.7 Å². The van der Waals surface area contributed by atoms with Crippen LogP contribution in [-0.4, -0.2) is 13.1 Å². The zero-order valence-electron chi connectivity index (χ0n) is 12.2. The highest BCUT2D eigenvalue weighted by Crippen LogP contribution is 2.18. The lowest BCUT2D eigenvalue weighted by Gasteiger charge is -2.06. The largest absolute Gasteiger partial charge is 0.496 e. The van der Waals surface area contributed by atoms with Crippen molar-refractivity contribution in [3.8, 4) is 5.75 Å². The summed E-state index contributed by atoms with van der Waals surface area (Å²) in [5.74, 6) is 0.752. The molecule has 114 valence electrons. The molecule has 0 saturated carbocycles. The molecule has 0 unspecified atom stereocenters. The average molecular weight is 317 g/mol. The van der Waals surface area contributed by atoms with Crippen LogP contribution >= 0.6 is 11.6 Å². The monoisotopic (exact) mass is 316 g/mol. The lowest BCUT2D eigenvalue weighted by molar-refractivity contribution is 0.244. The van der Waals surface area contributed by atoms with E-state index in [1.54, 1.807) is 31.5 Å². The molecule has 0 heterocycles. The molecule has 4 nitrogen and oxygen atoms in total. The van der Waals surface area contributed by atoms with Gasteiger partial charge in [-0.2, -0.15) is 0 Å². The third-order valence-electron chi connectivity index (χ3n) is 2.98. The second-order valence-corrected chi connectivity index (χ2v) is 4.97. The number of carbonyl (C=O) groups is 1. The molecule has 5 heteroatoms. The predicted molar refractivity (Wildman–Crippen MR) is 88.9 cm³/mol. The molecule has 0 radical (unpaired) electrons. The van der Waals surface area contributed by atoms with Crippen molar-refractivity contribution in [2.45, 2.75) is 6.54 Å². The molecule has 0 bridgehead atoms. The number of carbonyl (C=O) groups excluding carboxylic acids is 1. The Balaban J connectivity index is 1.82. The van der Waals surface area contributed by atoms with E-state index in [-0.39, 0.29) is 6.03 Å². The smallest absolute Gasteiger partial charge is 0.319 e. The topological polar surface area (TPSA) is 50.4 Å². The molecule has 2 aromatic carbocycles. The maximum Gasteiger partial charge on any atom is 0.319 e. The van der Waals surface area contributed by atoms with Crippen molar-refractivity contribution in [1.82, 2.24) is 10.6 Å². The fourth-order valence-electron chi connectivity index (χ4n) is 1.85. The number of para-hydroxylation sites is 1. The van der Waals surface area contributed by atoms with Gasteiger partial charge in [-0.25, -0.2) is 4.79 Å². The van der Waals surface area contributed by atoms with Crippen LogP contribution in [0.5, 0.6) is 5.75 Å². The van der Waals surface area contributed by atoms with Crippen molar-refractivity contribution < 1.29 is 9.53 Å². The minimum Gasteiger partial charge on any atom is -0.496 e. The highest BCUT2D eigenvalue weighted by Gasteiger charge is 1.99. The zero-order valence-corrected chi connectivity index (χ0v) is 12.9. The van der Waals surface area contributed by atoms with E-state index >= 15 is 0 Å². The van der Waals surface area contributed by atoms with Crippen molar-refractivity contribution in [1.29, 1.82) is 0 Å². The number of urea groups is 1. The molecule has 2 aromatic rings. The molecule has 0 aromatic heterocycles. The molecule has 0 spiro atoms. The second kappa shape index (κ2) is 8.10. The number of halogens is 1. The van der Waals surface area contributed by atoms with Crippen molar-refractivity contribution in [2.75, 3.05) is 7.11 Å². The van der Waals surface area contributed by atoms with Gasteiger partial charge < -0.3 is 15.4 Å². The Labute approximate surface area is 134 Å². The predicted octanol–water partition coefficient (Wildman–Crippen LogP) is 3.82. The molecule has 2 rings (SSSR count). The van der Waals surface area contributed by atoms with E-state index in [0.717, 1.165) is 16.9 Å². The summed E-state index contributed by atoms with van der Waals surface area (Å²) in [5.41, 5.74) is 1.87. The first-order valence-electron chi connectivity index (χ1n) is 6.77. The third-order valence-corrected chi connectivity index (χ3v) is 3.23. The van der Waals surface area contributed by atoms with E-state index in [0.29, 0.717) is 11.6 Å². The number of nitrogens with one attached hydrogen (secondary N) is 2. The van der Waals surface area contributed by atoms with E-state index in [1.807, 2.05) is 36.4 Å². The molecule has 0 atom stereocenters. The van der Waals surface area contributed by atoms with Crippen LogP contribution in [0.25, 0.3) is 6.08 Å². The third kappa shape index (κ3) is 4.82. The van der Waals surface area contributed by atoms with E-state index in [1.165, 1.54) is 0 Å². The molecule has 2 N–H and O–H groups in total. The van der Waals surface area contributed by atoms with E-state index < -0.39 is 0 Å². The average Bonchev–Trinajstić information content (AvgIpc) is 2.55. The molecule has 0 aliphatic heterocycles. The number of hydrogen-bond donors (Lipinski definition) is 2. The Morgan fingerprint density at radius 3 is 2.64 bits per heavy atom. The van der Waals surface area contributed by atoms with Crippen LogP contribution in [0.4, 0.5) is 4.79 Å². The van der Waals surface area contributed by atoms with Gasteiger partial charge in [-0.1, -0.05) is 41.9 Å². The molecular formula is C17H17ClN2O2. The first kappa shape index (κ1) is 15.9. The van der Waals surface area contributed by atoms with Gasteiger partial charge in [0.15, 0.2) is 0 Å². The summed E-state index contributed by atoms with van der Waals surface area (Å²) in [6.07, 6.45) is 3.36. The van der Waals surface area contributed by atoms with E-state index in [4.69, 9.17) is 16.3 Å². The molecule has 2 amide bonds. The van der Waals surface area contributed by atoms with Gasteiger partial charge in [0.05, 0.1) is 7.11 Å². The highest BCUT2D eigenvalue weighted by molar-refractivity contribution is 6.30. The SMILES string of the molecule is COc1ccccc1/C=C/NC(=O)NCc1ccc(Cl)cc1. The van der Waals surface area contributed by atoms with Gasteiger partial charge in [0.2, 0.25) is 0 Å². The Bertz CT molecular complexity index is 654. The summed E-state index contributed by atoms with van der Waals surface area (Å²) in [6, 6.07) is 14.6. The standard InChI is InChI=1S/C17H17ClN2O2/c1-22-16-5-3-2-4-14(16)10-11-19-17(21)20-12-13-6-8-15(18)9-7-13/h2-11H,12H2,1H3,(H2,19,20,21)/b11-10+. The quantitative estimate of drug-likeness (QED) is 0.881. The molecule has 0 fully saturated rings. The number of hydrogen-bond acceptors (Lipinski definition) is 2. The van der Waals surface area contributed by atoms with Gasteiger partial charge in [0.1, 0.15) is 5.75 Å². The van der Waals surface area contributed by atoms with Gasteiger partial charge in [0.25, 0.3) is 0 Å². The van der Waals surface area contributed by atoms with Gasteiger partial charge in [-0.05, 0) is 29.8 Å². The fourth-order valence-corrected chi connectivity index (χ4v) is 1.97. The summed E-state index contributed by atoms with van der Waals surface area (Å²) in [6.45, 7) is 0.436. The minimum atomic E-state index is -0.277. The van der Waals surface area contributed by atoms with Gasteiger partial charge >= 0.3 is 6.03 Å². The number of ether oxygens (including phenoxy) is 1.